The van der Waals surface area contributed by atoms with Gasteiger partial charge in [0.05, 0.1) is 13.2 Å². The van der Waals surface area contributed by atoms with E-state index in [1.807, 2.05) is 0 Å². The molecule has 0 spiro atoms. The Morgan fingerprint density at radius 1 is 1.03 bits per heavy atom. The van der Waals surface area contributed by atoms with Gasteiger partial charge >= 0.3 is 5.97 Å². The summed E-state index contributed by atoms with van der Waals surface area (Å²) in [5.74, 6) is -1.58. The lowest BCUT2D eigenvalue weighted by Gasteiger charge is -2.29. The van der Waals surface area contributed by atoms with Crippen molar-refractivity contribution in [2.45, 2.75) is 33.4 Å². The van der Waals surface area contributed by atoms with Crippen LogP contribution in [-0.2, 0) is 11.3 Å². The maximum absolute atomic E-state index is 13.5. The van der Waals surface area contributed by atoms with Gasteiger partial charge in [-0.3, -0.25) is 9.59 Å². The average molecular weight is 436 g/mol. The Bertz CT molecular complexity index is 1140. The molecular formula is C25H25FN2O4. The number of carbonyl (C=O) groups is 3. The number of methoxy groups -OCH3 is 1. The highest BCUT2D eigenvalue weighted by molar-refractivity contribution is 6.07. The predicted molar refractivity (Wildman–Crippen MR) is 118 cm³/mol. The van der Waals surface area contributed by atoms with Crippen LogP contribution in [0, 0.1) is 19.7 Å². The lowest BCUT2D eigenvalue weighted by Crippen LogP contribution is -2.43. The number of carbonyl (C=O) groups excluding carboxylic acids is 3. The Kier molecular flexibility index (Phi) is 6.88. The summed E-state index contributed by atoms with van der Waals surface area (Å²) in [6, 6.07) is 13.6. The van der Waals surface area contributed by atoms with Crippen LogP contribution < -0.4 is 0 Å². The molecule has 166 valence electrons. The number of aromatic amines is 1. The van der Waals surface area contributed by atoms with E-state index in [2.05, 4.69) is 4.98 Å². The molecule has 0 aliphatic heterocycles. The van der Waals surface area contributed by atoms with Crippen LogP contribution in [0.25, 0.3) is 0 Å². The number of aryl methyl sites for hydroxylation is 1. The SMILES string of the molecule is COC(=O)c1[nH]c(C)c(C(=O)C(C)N(Cc2ccc(F)cc2)C(=O)c2ccccc2)c1C. The van der Waals surface area contributed by atoms with Crippen molar-refractivity contribution in [1.29, 1.82) is 0 Å². The minimum Gasteiger partial charge on any atom is -0.464 e. The van der Waals surface area contributed by atoms with Crippen LogP contribution in [-0.4, -0.2) is 40.7 Å². The largest absolute Gasteiger partial charge is 0.464 e. The van der Waals surface area contributed by atoms with E-state index in [-0.39, 0.29) is 29.7 Å². The van der Waals surface area contributed by atoms with Crippen molar-refractivity contribution in [2.24, 2.45) is 0 Å². The van der Waals surface area contributed by atoms with E-state index in [1.165, 1.54) is 24.1 Å². The summed E-state index contributed by atoms with van der Waals surface area (Å²) < 4.78 is 18.1. The minimum atomic E-state index is -0.841. The predicted octanol–water partition coefficient (Wildman–Crippen LogP) is 4.47. The average Bonchev–Trinajstić information content (AvgIpc) is 3.11. The van der Waals surface area contributed by atoms with E-state index in [0.29, 0.717) is 27.9 Å². The quantitative estimate of drug-likeness (QED) is 0.438. The Morgan fingerprint density at radius 2 is 1.66 bits per heavy atom. The number of H-pyrrole nitrogens is 1. The maximum atomic E-state index is 13.5. The fourth-order valence-corrected chi connectivity index (χ4v) is 3.69. The number of ketones is 1. The number of benzene rings is 2. The topological polar surface area (TPSA) is 79.5 Å². The maximum Gasteiger partial charge on any atom is 0.354 e. The summed E-state index contributed by atoms with van der Waals surface area (Å²) in [6.45, 7) is 5.13. The zero-order chi connectivity index (χ0) is 23.4. The molecular weight excluding hydrogens is 411 g/mol. The molecule has 7 heteroatoms. The number of rotatable bonds is 7. The van der Waals surface area contributed by atoms with Gasteiger partial charge in [-0.25, -0.2) is 9.18 Å². The number of ether oxygens (including phenoxy) is 1. The third-order valence-electron chi connectivity index (χ3n) is 5.47. The molecule has 0 saturated carbocycles. The molecule has 3 aromatic rings. The highest BCUT2D eigenvalue weighted by Gasteiger charge is 2.31. The highest BCUT2D eigenvalue weighted by Crippen LogP contribution is 2.24. The fraction of sp³-hybridized carbons (Fsp3) is 0.240. The molecule has 32 heavy (non-hydrogen) atoms. The molecule has 3 rings (SSSR count). The van der Waals surface area contributed by atoms with Crippen molar-refractivity contribution >= 4 is 17.7 Å². The number of hydrogen-bond acceptors (Lipinski definition) is 4. The van der Waals surface area contributed by atoms with Gasteiger partial charge < -0.3 is 14.6 Å². The van der Waals surface area contributed by atoms with E-state index in [0.717, 1.165) is 0 Å². The van der Waals surface area contributed by atoms with Crippen LogP contribution in [0.15, 0.2) is 54.6 Å². The number of Topliss-reactive ketones (excluding diaryl/α,β-unsaturated/α-hetero) is 1. The third kappa shape index (κ3) is 4.61. The van der Waals surface area contributed by atoms with Gasteiger partial charge in [-0.1, -0.05) is 30.3 Å². The lowest BCUT2D eigenvalue weighted by atomic mass is 9.98. The first-order chi connectivity index (χ1) is 15.2. The van der Waals surface area contributed by atoms with Gasteiger partial charge in [-0.2, -0.15) is 0 Å². The number of halogens is 1. The molecule has 2 aromatic carbocycles. The number of esters is 1. The van der Waals surface area contributed by atoms with Crippen LogP contribution in [0.1, 0.15) is 54.9 Å². The minimum absolute atomic E-state index is 0.118. The van der Waals surface area contributed by atoms with Gasteiger partial charge in [-0.05, 0) is 56.2 Å². The number of nitrogens with one attached hydrogen (secondary N) is 1. The Hall–Kier alpha value is -3.74. The second-order valence-corrected chi connectivity index (χ2v) is 7.58. The molecule has 1 unspecified atom stereocenters. The first kappa shape index (κ1) is 22.9. The second-order valence-electron chi connectivity index (χ2n) is 7.58. The Morgan fingerprint density at radius 3 is 2.25 bits per heavy atom. The summed E-state index contributed by atoms with van der Waals surface area (Å²) in [5.41, 5.74) is 2.68. The molecule has 0 radical (unpaired) electrons. The van der Waals surface area contributed by atoms with Crippen molar-refractivity contribution in [3.8, 4) is 0 Å². The van der Waals surface area contributed by atoms with E-state index >= 15 is 0 Å². The van der Waals surface area contributed by atoms with Gasteiger partial charge in [-0.15, -0.1) is 0 Å². The lowest BCUT2D eigenvalue weighted by molar-refractivity contribution is 0.0592. The second kappa shape index (κ2) is 9.60. The molecule has 1 atom stereocenters. The van der Waals surface area contributed by atoms with Gasteiger partial charge in [0.2, 0.25) is 0 Å². The molecule has 0 saturated heterocycles. The zero-order valence-corrected chi connectivity index (χ0v) is 18.4. The molecule has 0 bridgehead atoms. The van der Waals surface area contributed by atoms with Crippen LogP contribution in [0.3, 0.4) is 0 Å². The summed E-state index contributed by atoms with van der Waals surface area (Å²) in [5, 5.41) is 0. The number of nitrogens with zero attached hydrogens (tertiary/aromatic N) is 1. The van der Waals surface area contributed by atoms with Gasteiger partial charge in [0.15, 0.2) is 5.78 Å². The Balaban J connectivity index is 1.99. The number of hydrogen-bond donors (Lipinski definition) is 1. The first-order valence-electron chi connectivity index (χ1n) is 10.2. The monoisotopic (exact) mass is 436 g/mol. The van der Waals surface area contributed by atoms with Crippen molar-refractivity contribution in [3.63, 3.8) is 0 Å². The van der Waals surface area contributed by atoms with Crippen LogP contribution in [0.5, 0.6) is 0 Å². The van der Waals surface area contributed by atoms with E-state index < -0.39 is 12.0 Å². The fourth-order valence-electron chi connectivity index (χ4n) is 3.69. The summed E-state index contributed by atoms with van der Waals surface area (Å²) in [6.07, 6.45) is 0. The summed E-state index contributed by atoms with van der Waals surface area (Å²) >= 11 is 0. The first-order valence-corrected chi connectivity index (χ1v) is 10.2. The number of amides is 1. The van der Waals surface area contributed by atoms with E-state index in [4.69, 9.17) is 4.74 Å². The normalized spacial score (nSPS) is 11.7. The molecule has 1 N–H and O–H groups in total. The molecule has 0 fully saturated rings. The van der Waals surface area contributed by atoms with Crippen LogP contribution in [0.2, 0.25) is 0 Å². The molecule has 6 nitrogen and oxygen atoms in total. The van der Waals surface area contributed by atoms with Gasteiger partial charge in [0.25, 0.3) is 5.91 Å². The molecule has 0 aliphatic carbocycles. The third-order valence-corrected chi connectivity index (χ3v) is 5.47. The zero-order valence-electron chi connectivity index (χ0n) is 18.4. The van der Waals surface area contributed by atoms with E-state index in [9.17, 15) is 18.8 Å². The summed E-state index contributed by atoms with van der Waals surface area (Å²) in [7, 11) is 1.27. The standard InChI is InChI=1S/C25H25FN2O4/c1-15-21(16(2)27-22(15)25(31)32-4)23(29)17(3)28(14-18-10-12-20(26)13-11-18)24(30)19-8-6-5-7-9-19/h5-13,17,27H,14H2,1-4H3. The van der Waals surface area contributed by atoms with Crippen molar-refractivity contribution < 1.29 is 23.5 Å². The van der Waals surface area contributed by atoms with Gasteiger partial charge in [0.1, 0.15) is 11.5 Å². The molecule has 1 amide bonds. The Labute approximate surface area is 186 Å². The summed E-state index contributed by atoms with van der Waals surface area (Å²) in [4.78, 5) is 43.2. The van der Waals surface area contributed by atoms with Gasteiger partial charge in [0, 0.05) is 23.4 Å². The molecule has 0 aliphatic rings. The van der Waals surface area contributed by atoms with Crippen molar-refractivity contribution in [2.75, 3.05) is 7.11 Å². The molecule has 1 heterocycles. The van der Waals surface area contributed by atoms with Crippen LogP contribution in [0.4, 0.5) is 4.39 Å². The number of aromatic nitrogens is 1. The van der Waals surface area contributed by atoms with E-state index in [1.54, 1.807) is 63.2 Å². The van der Waals surface area contributed by atoms with Crippen molar-refractivity contribution in [1.82, 2.24) is 9.88 Å². The smallest absolute Gasteiger partial charge is 0.354 e. The highest BCUT2D eigenvalue weighted by atomic mass is 19.1. The van der Waals surface area contributed by atoms with Crippen LogP contribution >= 0.6 is 0 Å². The van der Waals surface area contributed by atoms with Crippen molar-refractivity contribution in [3.05, 3.63) is 94.1 Å². The molecule has 1 aromatic heterocycles.